The van der Waals surface area contributed by atoms with Gasteiger partial charge in [0.2, 0.25) is 5.88 Å². The van der Waals surface area contributed by atoms with Crippen molar-refractivity contribution in [1.82, 2.24) is 24.6 Å². The van der Waals surface area contributed by atoms with E-state index in [0.29, 0.717) is 24.3 Å². The predicted octanol–water partition coefficient (Wildman–Crippen LogP) is 3.13. The maximum Gasteiger partial charge on any atom is 0.376 e. The minimum atomic E-state index is -1.20. The summed E-state index contributed by atoms with van der Waals surface area (Å²) in [5.74, 6) is 0.863. The lowest BCUT2D eigenvalue weighted by molar-refractivity contribution is -0.0454. The van der Waals surface area contributed by atoms with Gasteiger partial charge in [0, 0.05) is 55.7 Å². The summed E-state index contributed by atoms with van der Waals surface area (Å²) in [6, 6.07) is 8.97. The van der Waals surface area contributed by atoms with Crippen molar-refractivity contribution in [3.05, 3.63) is 49.1 Å². The highest BCUT2D eigenvalue weighted by Gasteiger charge is 2.48. The molecule has 0 amide bonds. The third-order valence-electron chi connectivity index (χ3n) is 6.79. The molecule has 0 spiro atoms. The van der Waals surface area contributed by atoms with Crippen LogP contribution in [0.3, 0.4) is 0 Å². The minimum absolute atomic E-state index is 0.0837. The van der Waals surface area contributed by atoms with Crippen molar-refractivity contribution in [2.45, 2.75) is 56.9 Å². The number of ether oxygens (including phenoxy) is 3. The topological polar surface area (TPSA) is 94.8 Å². The Morgan fingerprint density at radius 3 is 2.80 bits per heavy atom. The van der Waals surface area contributed by atoms with Gasteiger partial charge in [0.05, 0.1) is 17.7 Å². The molecule has 5 rings (SSSR count). The van der Waals surface area contributed by atoms with E-state index in [1.165, 1.54) is 0 Å². The first-order chi connectivity index (χ1) is 17.0. The van der Waals surface area contributed by atoms with E-state index in [9.17, 15) is 5.02 Å². The number of hydrogen-bond donors (Lipinski definition) is 1. The smallest absolute Gasteiger partial charge is 0.376 e. The Balaban J connectivity index is 1.34. The molecule has 4 heterocycles. The van der Waals surface area contributed by atoms with Crippen molar-refractivity contribution < 1.29 is 23.6 Å². The van der Waals surface area contributed by atoms with E-state index in [-0.39, 0.29) is 24.8 Å². The fourth-order valence-corrected chi connectivity index (χ4v) is 5.25. The van der Waals surface area contributed by atoms with Gasteiger partial charge in [-0.15, -0.1) is 10.2 Å². The molecule has 11 heteroatoms. The lowest BCUT2D eigenvalue weighted by Crippen LogP contribution is -2.64. The molecule has 2 aliphatic heterocycles. The Hall–Kier alpha value is -3.02. The molecule has 0 radical (unpaired) electrons. The van der Waals surface area contributed by atoms with Crippen molar-refractivity contribution in [3.8, 4) is 28.6 Å². The van der Waals surface area contributed by atoms with Gasteiger partial charge in [-0.1, -0.05) is 6.42 Å². The van der Waals surface area contributed by atoms with Gasteiger partial charge in [0.15, 0.2) is 13.0 Å². The second-order valence-corrected chi connectivity index (χ2v) is 9.03. The van der Waals surface area contributed by atoms with Crippen LogP contribution in [0.2, 0.25) is 6.82 Å². The van der Waals surface area contributed by atoms with Crippen LogP contribution in [0, 0.1) is 0 Å². The molecule has 35 heavy (non-hydrogen) atoms. The van der Waals surface area contributed by atoms with E-state index in [1.54, 1.807) is 38.6 Å². The Morgan fingerprint density at radius 1 is 1.20 bits per heavy atom. The van der Waals surface area contributed by atoms with E-state index in [0.717, 1.165) is 24.1 Å². The average Bonchev–Trinajstić information content (AvgIpc) is 3.41. The van der Waals surface area contributed by atoms with Crippen LogP contribution in [0.1, 0.15) is 25.7 Å². The van der Waals surface area contributed by atoms with Gasteiger partial charge in [-0.05, 0) is 37.9 Å². The normalized spacial score (nSPS) is 24.2. The largest absolute Gasteiger partial charge is 0.470 e. The first-order valence-electron chi connectivity index (χ1n) is 11.9. The Morgan fingerprint density at radius 2 is 2.09 bits per heavy atom. The average molecular weight is 481 g/mol. The molecule has 9 nitrogen and oxygen atoms in total. The van der Waals surface area contributed by atoms with Crippen LogP contribution in [0.4, 0.5) is 4.39 Å². The maximum atomic E-state index is 15.3. The number of alkyl halides is 1. The second-order valence-electron chi connectivity index (χ2n) is 9.03. The van der Waals surface area contributed by atoms with Crippen LogP contribution in [0.25, 0.3) is 16.9 Å². The van der Waals surface area contributed by atoms with E-state index in [4.69, 9.17) is 14.2 Å². The number of fused-ring (bicyclic) bond motifs is 2. The summed E-state index contributed by atoms with van der Waals surface area (Å²) in [7, 11) is 0.891. The fourth-order valence-electron chi connectivity index (χ4n) is 5.25. The van der Waals surface area contributed by atoms with Gasteiger partial charge >= 0.3 is 7.05 Å². The molecule has 2 fully saturated rings. The molecular weight excluding hydrogens is 452 g/mol. The highest BCUT2D eigenvalue weighted by Crippen LogP contribution is 2.38. The monoisotopic (exact) mass is 481 g/mol. The summed E-state index contributed by atoms with van der Waals surface area (Å²) in [4.78, 5) is 5.98. The number of halogens is 1. The number of benzene rings is 1. The lowest BCUT2D eigenvalue weighted by Gasteiger charge is -2.50. The first kappa shape index (κ1) is 23.7. The van der Waals surface area contributed by atoms with Crippen molar-refractivity contribution in [2.75, 3.05) is 13.9 Å². The van der Waals surface area contributed by atoms with Crippen LogP contribution in [0.15, 0.2) is 49.1 Å². The first-order valence-corrected chi connectivity index (χ1v) is 11.9. The number of hydrogen-bond acceptors (Lipinski definition) is 8. The lowest BCUT2D eigenvalue weighted by atomic mass is 9.71. The zero-order valence-electron chi connectivity index (χ0n) is 19.8. The SMILES string of the molecule is COCOc1cc(-n2ccnc2)ccc1-c1ccc(O[C@H]2CC3CCCC([C@@H]2F)N3B(C)O)nn1. The molecule has 1 N–H and O–H groups in total. The summed E-state index contributed by atoms with van der Waals surface area (Å²) in [6.07, 6.45) is 6.56. The molecule has 3 aromatic rings. The van der Waals surface area contributed by atoms with E-state index in [2.05, 4.69) is 15.2 Å². The highest BCUT2D eigenvalue weighted by atomic mass is 19.1. The number of piperidine rings is 2. The Bertz CT molecular complexity index is 1120. The van der Waals surface area contributed by atoms with E-state index in [1.807, 2.05) is 33.8 Å². The van der Waals surface area contributed by atoms with E-state index < -0.39 is 19.3 Å². The number of rotatable bonds is 8. The van der Waals surface area contributed by atoms with Crippen molar-refractivity contribution in [2.24, 2.45) is 0 Å². The standard InChI is InChI=1S/C24H29BFN5O4/c1-25(32)31-17-4-3-5-20(31)24(26)22(13-17)35-23-9-8-19(28-29-23)18-7-6-16(30-11-10-27-14-30)12-21(18)34-15-33-2/h6-12,14,17,20,22,24,32H,3-5,13,15H2,1-2H3/t17?,20?,22-,24-/m0/s1. The molecule has 2 saturated heterocycles. The van der Waals surface area contributed by atoms with Gasteiger partial charge in [0.1, 0.15) is 11.9 Å². The molecule has 184 valence electrons. The van der Waals surface area contributed by atoms with Crippen LogP contribution in [0.5, 0.6) is 11.6 Å². The van der Waals surface area contributed by atoms with Gasteiger partial charge in [-0.2, -0.15) is 0 Å². The van der Waals surface area contributed by atoms with Gasteiger partial charge < -0.3 is 28.6 Å². The second kappa shape index (κ2) is 10.3. The molecule has 2 unspecified atom stereocenters. The van der Waals surface area contributed by atoms with Gasteiger partial charge in [0.25, 0.3) is 0 Å². The molecule has 0 aliphatic carbocycles. The minimum Gasteiger partial charge on any atom is -0.470 e. The molecule has 0 saturated carbocycles. The predicted molar refractivity (Wildman–Crippen MR) is 128 cm³/mol. The highest BCUT2D eigenvalue weighted by molar-refractivity contribution is 6.45. The van der Waals surface area contributed by atoms with Crippen LogP contribution in [-0.2, 0) is 4.74 Å². The summed E-state index contributed by atoms with van der Waals surface area (Å²) >= 11 is 0. The molecule has 2 aromatic heterocycles. The van der Waals surface area contributed by atoms with Crippen LogP contribution < -0.4 is 9.47 Å². The third-order valence-corrected chi connectivity index (χ3v) is 6.79. The van der Waals surface area contributed by atoms with Gasteiger partial charge in [-0.3, -0.25) is 0 Å². The summed E-state index contributed by atoms with van der Waals surface area (Å²) in [5, 5.41) is 18.7. The summed E-state index contributed by atoms with van der Waals surface area (Å²) in [6.45, 7) is 1.79. The molecule has 1 aromatic carbocycles. The van der Waals surface area contributed by atoms with E-state index >= 15 is 4.39 Å². The zero-order valence-corrected chi connectivity index (χ0v) is 19.8. The maximum absolute atomic E-state index is 15.3. The van der Waals surface area contributed by atoms with Crippen LogP contribution in [-0.4, -0.2) is 74.9 Å². The fraction of sp³-hybridized carbons (Fsp3) is 0.458. The summed E-state index contributed by atoms with van der Waals surface area (Å²) < 4.78 is 34.0. The molecule has 2 aliphatic rings. The Labute approximate surface area is 204 Å². The van der Waals surface area contributed by atoms with Crippen molar-refractivity contribution >= 4 is 7.05 Å². The molecular formula is C24H29BFN5O4. The quantitative estimate of drug-likeness (QED) is 0.388. The summed E-state index contributed by atoms with van der Waals surface area (Å²) in [5.41, 5.74) is 2.22. The Kier molecular flexibility index (Phi) is 6.98. The van der Waals surface area contributed by atoms with Crippen molar-refractivity contribution in [3.63, 3.8) is 0 Å². The zero-order chi connectivity index (χ0) is 24.4. The van der Waals surface area contributed by atoms with Gasteiger partial charge in [-0.25, -0.2) is 9.37 Å². The van der Waals surface area contributed by atoms with Crippen molar-refractivity contribution in [1.29, 1.82) is 0 Å². The van der Waals surface area contributed by atoms with Crippen LogP contribution >= 0.6 is 0 Å². The number of aromatic nitrogens is 4. The number of imidazole rings is 1. The molecule has 4 atom stereocenters. The molecule has 2 bridgehead atoms. The number of methoxy groups -OCH3 is 1. The number of nitrogens with zero attached hydrogens (tertiary/aromatic N) is 5. The third kappa shape index (κ3) is 4.89.